The van der Waals surface area contributed by atoms with Crippen molar-refractivity contribution >= 4 is 27.3 Å². The molecule has 180 valence electrons. The molecule has 0 fully saturated rings. The molecule has 1 aliphatic rings. The molecule has 0 spiro atoms. The van der Waals surface area contributed by atoms with E-state index in [-0.39, 0.29) is 17.0 Å². The van der Waals surface area contributed by atoms with Gasteiger partial charge in [0.25, 0.3) is 0 Å². The summed E-state index contributed by atoms with van der Waals surface area (Å²) in [5.41, 5.74) is 3.22. The van der Waals surface area contributed by atoms with Crippen LogP contribution in [0.2, 0.25) is 0 Å². The third-order valence-electron chi connectivity index (χ3n) is 5.72. The first-order valence-electron chi connectivity index (χ1n) is 11.2. The number of aromatic nitrogens is 2. The Morgan fingerprint density at radius 1 is 1.24 bits per heavy atom. The molecule has 9 heteroatoms. The van der Waals surface area contributed by atoms with E-state index in [9.17, 15) is 17.6 Å². The summed E-state index contributed by atoms with van der Waals surface area (Å²) < 4.78 is 41.1. The van der Waals surface area contributed by atoms with E-state index in [0.717, 1.165) is 42.6 Å². The number of amides is 1. The molecule has 1 atom stereocenters. The van der Waals surface area contributed by atoms with Crippen LogP contribution in [0, 0.1) is 5.82 Å². The number of carbonyl (C=O) groups excluding carboxylic acids is 1. The number of nitrogens with one attached hydrogen (secondary N) is 2. The summed E-state index contributed by atoms with van der Waals surface area (Å²) >= 11 is 0. The molecule has 2 aromatic rings. The Balaban J connectivity index is 1.75. The summed E-state index contributed by atoms with van der Waals surface area (Å²) in [6.07, 6.45) is 7.44. The molecule has 0 saturated heterocycles. The molecule has 2 N–H and O–H groups in total. The van der Waals surface area contributed by atoms with Crippen molar-refractivity contribution < 1.29 is 17.6 Å². The van der Waals surface area contributed by atoms with Gasteiger partial charge in [-0.25, -0.2) is 17.5 Å². The highest BCUT2D eigenvalue weighted by molar-refractivity contribution is 7.92. The number of hydrogen-bond acceptors (Lipinski definition) is 4. The van der Waals surface area contributed by atoms with E-state index in [2.05, 4.69) is 36.9 Å². The number of halogens is 1. The zero-order valence-electron chi connectivity index (χ0n) is 19.9. The van der Waals surface area contributed by atoms with Crippen LogP contribution < -0.4 is 10.0 Å². The van der Waals surface area contributed by atoms with Crippen LogP contribution in [0.4, 0.5) is 10.1 Å². The van der Waals surface area contributed by atoms with Crippen LogP contribution >= 0.6 is 0 Å². The van der Waals surface area contributed by atoms with Crippen molar-refractivity contribution in [2.45, 2.75) is 71.3 Å². The Kier molecular flexibility index (Phi) is 7.31. The monoisotopic (exact) mass is 476 g/mol. The number of allylic oxidation sites excluding steroid dienone is 2. The number of hydrogen-bond donors (Lipinski definition) is 2. The molecule has 0 unspecified atom stereocenters. The summed E-state index contributed by atoms with van der Waals surface area (Å²) in [5, 5.41) is 7.78. The number of anilines is 1. The van der Waals surface area contributed by atoms with Crippen molar-refractivity contribution in [2.75, 3.05) is 11.0 Å². The Bertz CT molecular complexity index is 1160. The molecule has 0 saturated carbocycles. The van der Waals surface area contributed by atoms with Gasteiger partial charge in [-0.2, -0.15) is 5.10 Å². The van der Waals surface area contributed by atoms with Crippen LogP contribution in [-0.4, -0.2) is 30.4 Å². The minimum absolute atomic E-state index is 0.119. The fourth-order valence-electron chi connectivity index (χ4n) is 3.74. The third-order valence-corrected chi connectivity index (χ3v) is 6.31. The molecule has 0 aliphatic heterocycles. The summed E-state index contributed by atoms with van der Waals surface area (Å²) in [4.78, 5) is 12.8. The highest BCUT2D eigenvalue weighted by atomic mass is 32.2. The number of rotatable bonds is 7. The lowest BCUT2D eigenvalue weighted by atomic mass is 9.92. The lowest BCUT2D eigenvalue weighted by Crippen LogP contribution is -2.28. The average molecular weight is 477 g/mol. The summed E-state index contributed by atoms with van der Waals surface area (Å²) in [6, 6.07) is 6.10. The van der Waals surface area contributed by atoms with Crippen molar-refractivity contribution in [1.29, 1.82) is 0 Å². The lowest BCUT2D eigenvalue weighted by Gasteiger charge is -2.17. The first-order valence-corrected chi connectivity index (χ1v) is 13.1. The largest absolute Gasteiger partial charge is 0.350 e. The molecule has 1 aliphatic carbocycles. The van der Waals surface area contributed by atoms with Crippen molar-refractivity contribution in [2.24, 2.45) is 0 Å². The molecule has 33 heavy (non-hydrogen) atoms. The van der Waals surface area contributed by atoms with E-state index < -0.39 is 21.8 Å². The Hall–Kier alpha value is -2.68. The molecular formula is C24H33FN4O3S. The second-order valence-corrected chi connectivity index (χ2v) is 11.4. The SMILES string of the molecule is C[C@H](C(=O)NCc1cc(C(C)(C)C)nn1C1=CCCCC1)c1ccc(NS(C)(=O)=O)c(F)c1. The van der Waals surface area contributed by atoms with Gasteiger partial charge < -0.3 is 5.32 Å². The average Bonchev–Trinajstić information content (AvgIpc) is 3.17. The fourth-order valence-corrected chi connectivity index (χ4v) is 4.30. The van der Waals surface area contributed by atoms with Gasteiger partial charge in [-0.05, 0) is 56.4 Å². The molecule has 7 nitrogen and oxygen atoms in total. The Morgan fingerprint density at radius 3 is 2.55 bits per heavy atom. The molecule has 1 aromatic heterocycles. The maximum Gasteiger partial charge on any atom is 0.229 e. The van der Waals surface area contributed by atoms with E-state index in [4.69, 9.17) is 5.10 Å². The minimum atomic E-state index is -3.59. The Labute approximate surface area is 195 Å². The van der Waals surface area contributed by atoms with Crippen molar-refractivity contribution in [3.8, 4) is 0 Å². The van der Waals surface area contributed by atoms with Gasteiger partial charge in [-0.3, -0.25) is 9.52 Å². The standard InChI is InChI=1S/C24H33FN4O3S/c1-16(17-11-12-21(20(25)13-17)28-33(5,31)32)23(30)26-15-19-14-22(24(2,3)4)27-29(19)18-9-7-6-8-10-18/h9,11-14,16,28H,6-8,10,15H2,1-5H3,(H,26,30)/t16-/m0/s1. The van der Waals surface area contributed by atoms with Crippen molar-refractivity contribution in [1.82, 2.24) is 15.1 Å². The first kappa shape index (κ1) is 25.0. The zero-order valence-corrected chi connectivity index (χ0v) is 20.7. The second kappa shape index (κ2) is 9.67. The van der Waals surface area contributed by atoms with Crippen LogP contribution in [0.5, 0.6) is 0 Å². The van der Waals surface area contributed by atoms with Crippen LogP contribution in [0.3, 0.4) is 0 Å². The van der Waals surface area contributed by atoms with Crippen molar-refractivity contribution in [3.05, 3.63) is 53.1 Å². The molecule has 0 bridgehead atoms. The van der Waals surface area contributed by atoms with Crippen LogP contribution in [0.15, 0.2) is 30.3 Å². The smallest absolute Gasteiger partial charge is 0.229 e. The normalized spacial score (nSPS) is 15.6. The van der Waals surface area contributed by atoms with E-state index in [0.29, 0.717) is 12.1 Å². The van der Waals surface area contributed by atoms with Crippen LogP contribution in [-0.2, 0) is 26.8 Å². The second-order valence-electron chi connectivity index (χ2n) is 9.68. The number of carbonyl (C=O) groups is 1. The number of sulfonamides is 1. The predicted molar refractivity (Wildman–Crippen MR) is 129 cm³/mol. The molecular weight excluding hydrogens is 443 g/mol. The summed E-state index contributed by atoms with van der Waals surface area (Å²) in [5.74, 6) is -1.59. The van der Waals surface area contributed by atoms with Gasteiger partial charge in [0.05, 0.1) is 35.8 Å². The number of benzene rings is 1. The maximum absolute atomic E-state index is 14.4. The first-order chi connectivity index (χ1) is 15.3. The molecule has 1 heterocycles. The topological polar surface area (TPSA) is 93.1 Å². The van der Waals surface area contributed by atoms with Gasteiger partial charge in [-0.15, -0.1) is 0 Å². The highest BCUT2D eigenvalue weighted by Crippen LogP contribution is 2.28. The van der Waals surface area contributed by atoms with Crippen LogP contribution in [0.1, 0.15) is 76.2 Å². The van der Waals surface area contributed by atoms with E-state index in [1.807, 2.05) is 10.7 Å². The highest BCUT2D eigenvalue weighted by Gasteiger charge is 2.23. The van der Waals surface area contributed by atoms with E-state index >= 15 is 0 Å². The molecule has 3 rings (SSSR count). The van der Waals surface area contributed by atoms with Gasteiger partial charge in [0.2, 0.25) is 15.9 Å². The van der Waals surface area contributed by atoms with Gasteiger partial charge in [-0.1, -0.05) is 32.9 Å². The lowest BCUT2D eigenvalue weighted by molar-refractivity contribution is -0.122. The van der Waals surface area contributed by atoms with Crippen LogP contribution in [0.25, 0.3) is 5.70 Å². The van der Waals surface area contributed by atoms with Gasteiger partial charge in [0.1, 0.15) is 5.82 Å². The van der Waals surface area contributed by atoms with Gasteiger partial charge in [0, 0.05) is 11.1 Å². The van der Waals surface area contributed by atoms with Gasteiger partial charge in [0.15, 0.2) is 0 Å². The minimum Gasteiger partial charge on any atom is -0.350 e. The maximum atomic E-state index is 14.4. The Morgan fingerprint density at radius 2 is 1.97 bits per heavy atom. The van der Waals surface area contributed by atoms with E-state index in [1.165, 1.54) is 18.6 Å². The predicted octanol–water partition coefficient (Wildman–Crippen LogP) is 4.53. The van der Waals surface area contributed by atoms with Gasteiger partial charge >= 0.3 is 0 Å². The molecule has 1 amide bonds. The fraction of sp³-hybridized carbons (Fsp3) is 0.500. The summed E-state index contributed by atoms with van der Waals surface area (Å²) in [7, 11) is -3.59. The van der Waals surface area contributed by atoms with Crippen molar-refractivity contribution in [3.63, 3.8) is 0 Å². The molecule has 0 radical (unpaired) electrons. The third kappa shape index (κ3) is 6.43. The summed E-state index contributed by atoms with van der Waals surface area (Å²) in [6.45, 7) is 8.32. The zero-order chi connectivity index (χ0) is 24.4. The number of nitrogens with zero attached hydrogens (tertiary/aromatic N) is 2. The molecule has 1 aromatic carbocycles. The van der Waals surface area contributed by atoms with E-state index in [1.54, 1.807) is 13.0 Å². The quantitative estimate of drug-likeness (QED) is 0.614.